The Morgan fingerprint density at radius 3 is 2.71 bits per heavy atom. The summed E-state index contributed by atoms with van der Waals surface area (Å²) in [5.41, 5.74) is -0.144. The first kappa shape index (κ1) is 14.8. The van der Waals surface area contributed by atoms with E-state index in [0.29, 0.717) is 17.1 Å². The second kappa shape index (κ2) is 6.34. The highest BCUT2D eigenvalue weighted by Gasteiger charge is 2.29. The molecule has 4 nitrogen and oxygen atoms in total. The van der Waals surface area contributed by atoms with Crippen LogP contribution in [0.1, 0.15) is 10.6 Å². The summed E-state index contributed by atoms with van der Waals surface area (Å²) in [6.07, 6.45) is 0. The number of benzene rings is 1. The molecule has 0 aliphatic carbocycles. The molecule has 0 atom stereocenters. The van der Waals surface area contributed by atoms with Crippen molar-refractivity contribution in [3.05, 3.63) is 36.1 Å². The number of furan rings is 1. The quantitative estimate of drug-likeness (QED) is 0.908. The number of nitrogens with one attached hydrogen (secondary N) is 1. The van der Waals surface area contributed by atoms with Gasteiger partial charge in [-0.25, -0.2) is 0 Å². The highest BCUT2D eigenvalue weighted by molar-refractivity contribution is 8.03. The molecule has 21 heavy (non-hydrogen) atoms. The van der Waals surface area contributed by atoms with E-state index in [-0.39, 0.29) is 18.2 Å². The van der Waals surface area contributed by atoms with Gasteiger partial charge in [0.1, 0.15) is 5.58 Å². The molecule has 6 heteroatoms. The number of fused-ring (bicyclic) bond motifs is 1. The third-order valence-corrected chi connectivity index (χ3v) is 6.07. The van der Waals surface area contributed by atoms with Crippen LogP contribution in [0.15, 0.2) is 34.7 Å². The van der Waals surface area contributed by atoms with Crippen molar-refractivity contribution in [1.29, 1.82) is 0 Å². The summed E-state index contributed by atoms with van der Waals surface area (Å²) < 4.78 is 5.52. The molecule has 2 aromatic rings. The van der Waals surface area contributed by atoms with Gasteiger partial charge in [-0.05, 0) is 12.1 Å². The summed E-state index contributed by atoms with van der Waals surface area (Å²) >= 11 is 3.46. The van der Waals surface area contributed by atoms with Crippen LogP contribution in [0.4, 0.5) is 0 Å². The fourth-order valence-electron chi connectivity index (χ4n) is 2.21. The van der Waals surface area contributed by atoms with Crippen LogP contribution in [-0.4, -0.2) is 46.2 Å². The van der Waals surface area contributed by atoms with E-state index in [4.69, 9.17) is 4.42 Å². The van der Waals surface area contributed by atoms with Gasteiger partial charge in [-0.2, -0.15) is 23.5 Å². The molecular weight excluding hydrogens is 306 g/mol. The van der Waals surface area contributed by atoms with E-state index in [9.17, 15) is 9.90 Å². The van der Waals surface area contributed by atoms with Gasteiger partial charge in [0.15, 0.2) is 5.76 Å². The summed E-state index contributed by atoms with van der Waals surface area (Å²) in [5, 5.41) is 14.2. The van der Waals surface area contributed by atoms with Crippen molar-refractivity contribution in [2.45, 2.75) is 5.60 Å². The first-order chi connectivity index (χ1) is 10.2. The summed E-state index contributed by atoms with van der Waals surface area (Å²) in [4.78, 5) is 12.2. The van der Waals surface area contributed by atoms with Crippen molar-refractivity contribution in [1.82, 2.24) is 5.32 Å². The van der Waals surface area contributed by atoms with Crippen LogP contribution in [0, 0.1) is 0 Å². The van der Waals surface area contributed by atoms with Crippen molar-refractivity contribution in [3.8, 4) is 0 Å². The predicted octanol–water partition coefficient (Wildman–Crippen LogP) is 2.37. The number of para-hydroxylation sites is 1. The number of carbonyl (C=O) groups is 1. The number of carbonyl (C=O) groups excluding carboxylic acids is 1. The van der Waals surface area contributed by atoms with E-state index in [1.165, 1.54) is 0 Å². The molecule has 3 rings (SSSR count). The zero-order valence-corrected chi connectivity index (χ0v) is 13.1. The van der Waals surface area contributed by atoms with Gasteiger partial charge in [0, 0.05) is 34.9 Å². The van der Waals surface area contributed by atoms with E-state index in [1.807, 2.05) is 24.3 Å². The second-order valence-corrected chi connectivity index (χ2v) is 7.37. The summed E-state index contributed by atoms with van der Waals surface area (Å²) in [5.74, 6) is 3.41. The molecular formula is C15H17NO3S2. The lowest BCUT2D eigenvalue weighted by Gasteiger charge is -2.25. The number of hydrogen-bond donors (Lipinski definition) is 2. The lowest BCUT2D eigenvalue weighted by atomic mass is 10.1. The Bertz CT molecular complexity index is 600. The second-order valence-electron chi connectivity index (χ2n) is 5.16. The molecule has 1 aliphatic heterocycles. The SMILES string of the molecule is O=C(NCC1(O)CSCCSC1)c1cc2ccccc2o1. The van der Waals surface area contributed by atoms with Crippen molar-refractivity contribution in [2.75, 3.05) is 29.6 Å². The first-order valence-electron chi connectivity index (χ1n) is 6.81. The number of amides is 1. The van der Waals surface area contributed by atoms with Gasteiger partial charge in [-0.1, -0.05) is 18.2 Å². The van der Waals surface area contributed by atoms with Gasteiger partial charge in [0.2, 0.25) is 0 Å². The number of hydrogen-bond acceptors (Lipinski definition) is 5. The van der Waals surface area contributed by atoms with Crippen molar-refractivity contribution in [3.63, 3.8) is 0 Å². The highest BCUT2D eigenvalue weighted by Crippen LogP contribution is 2.24. The maximum atomic E-state index is 12.2. The highest BCUT2D eigenvalue weighted by atomic mass is 32.2. The van der Waals surface area contributed by atoms with Crippen LogP contribution in [0.2, 0.25) is 0 Å². The molecule has 1 saturated heterocycles. The molecule has 0 saturated carbocycles. The predicted molar refractivity (Wildman–Crippen MR) is 88.1 cm³/mol. The van der Waals surface area contributed by atoms with E-state index < -0.39 is 5.60 Å². The molecule has 0 spiro atoms. The minimum absolute atomic E-state index is 0.253. The standard InChI is InChI=1S/C15H17NO3S2/c17-14(13-7-11-3-1-2-4-12(11)19-13)16-8-15(18)9-20-5-6-21-10-15/h1-4,7,18H,5-6,8-10H2,(H,16,17). The third kappa shape index (κ3) is 3.56. The van der Waals surface area contributed by atoms with E-state index in [1.54, 1.807) is 29.6 Å². The topological polar surface area (TPSA) is 62.5 Å². The Morgan fingerprint density at radius 1 is 1.29 bits per heavy atom. The van der Waals surface area contributed by atoms with E-state index in [0.717, 1.165) is 16.9 Å². The fourth-order valence-corrected chi connectivity index (χ4v) is 4.74. The Morgan fingerprint density at radius 2 is 2.00 bits per heavy atom. The van der Waals surface area contributed by atoms with Gasteiger partial charge >= 0.3 is 0 Å². The van der Waals surface area contributed by atoms with Crippen LogP contribution in [-0.2, 0) is 0 Å². The zero-order valence-electron chi connectivity index (χ0n) is 11.5. The van der Waals surface area contributed by atoms with Gasteiger partial charge in [0.25, 0.3) is 5.91 Å². The number of aliphatic hydroxyl groups is 1. The number of thioether (sulfide) groups is 2. The van der Waals surface area contributed by atoms with Crippen LogP contribution in [0.5, 0.6) is 0 Å². The Hall–Kier alpha value is -1.11. The minimum atomic E-state index is -0.840. The Balaban J connectivity index is 1.65. The molecule has 0 radical (unpaired) electrons. The zero-order chi connectivity index (χ0) is 14.7. The molecule has 0 unspecified atom stereocenters. The van der Waals surface area contributed by atoms with Gasteiger partial charge in [0.05, 0.1) is 5.60 Å². The van der Waals surface area contributed by atoms with E-state index >= 15 is 0 Å². The van der Waals surface area contributed by atoms with Crippen LogP contribution < -0.4 is 5.32 Å². The van der Waals surface area contributed by atoms with Crippen LogP contribution in [0.3, 0.4) is 0 Å². The average molecular weight is 323 g/mol. The van der Waals surface area contributed by atoms with Crippen molar-refractivity contribution in [2.24, 2.45) is 0 Å². The molecule has 2 N–H and O–H groups in total. The Labute approximate surface area is 131 Å². The molecule has 2 heterocycles. The maximum Gasteiger partial charge on any atom is 0.287 e. The van der Waals surface area contributed by atoms with Gasteiger partial charge in [-0.15, -0.1) is 0 Å². The van der Waals surface area contributed by atoms with Crippen molar-refractivity contribution >= 4 is 40.4 Å². The van der Waals surface area contributed by atoms with Crippen molar-refractivity contribution < 1.29 is 14.3 Å². The van der Waals surface area contributed by atoms with Crippen LogP contribution in [0.25, 0.3) is 11.0 Å². The smallest absolute Gasteiger partial charge is 0.287 e. The lowest BCUT2D eigenvalue weighted by molar-refractivity contribution is 0.0738. The molecule has 0 bridgehead atoms. The molecule has 1 fully saturated rings. The summed E-state index contributed by atoms with van der Waals surface area (Å²) in [6, 6.07) is 9.24. The first-order valence-corrected chi connectivity index (χ1v) is 9.12. The normalized spacial score (nSPS) is 18.3. The summed E-state index contributed by atoms with van der Waals surface area (Å²) in [6.45, 7) is 0.253. The van der Waals surface area contributed by atoms with Gasteiger partial charge < -0.3 is 14.8 Å². The molecule has 1 aromatic heterocycles. The summed E-state index contributed by atoms with van der Waals surface area (Å²) in [7, 11) is 0. The molecule has 1 aliphatic rings. The lowest BCUT2D eigenvalue weighted by Crippen LogP contribution is -2.46. The van der Waals surface area contributed by atoms with Gasteiger partial charge in [-0.3, -0.25) is 4.79 Å². The number of rotatable bonds is 3. The Kier molecular flexibility index (Phi) is 4.47. The molecule has 112 valence electrons. The molecule has 1 aromatic carbocycles. The molecule has 1 amide bonds. The fraction of sp³-hybridized carbons (Fsp3) is 0.400. The average Bonchev–Trinajstić information content (AvgIpc) is 2.81. The third-order valence-electron chi connectivity index (χ3n) is 3.34. The maximum absolute atomic E-state index is 12.2. The van der Waals surface area contributed by atoms with Crippen LogP contribution >= 0.6 is 23.5 Å². The largest absolute Gasteiger partial charge is 0.451 e. The van der Waals surface area contributed by atoms with E-state index in [2.05, 4.69) is 5.32 Å². The minimum Gasteiger partial charge on any atom is -0.451 e. The monoisotopic (exact) mass is 323 g/mol.